The van der Waals surface area contributed by atoms with Crippen LogP contribution in [-0.2, 0) is 14.3 Å². The summed E-state index contributed by atoms with van der Waals surface area (Å²) in [6, 6.07) is 11.3. The molecule has 2 aromatic rings. The molecule has 1 atom stereocenters. The van der Waals surface area contributed by atoms with Gasteiger partial charge in [0.25, 0.3) is 11.7 Å². The molecule has 8 heteroatoms. The van der Waals surface area contributed by atoms with Crippen molar-refractivity contribution in [2.75, 3.05) is 40.6 Å². The molecule has 0 saturated carbocycles. The van der Waals surface area contributed by atoms with E-state index in [1.807, 2.05) is 0 Å². The number of ether oxygens (including phenoxy) is 4. The Labute approximate surface area is 185 Å². The third-order valence-corrected chi connectivity index (χ3v) is 5.53. The first-order chi connectivity index (χ1) is 15.5. The van der Waals surface area contributed by atoms with Gasteiger partial charge in [-0.3, -0.25) is 9.59 Å². The van der Waals surface area contributed by atoms with E-state index in [-0.39, 0.29) is 11.3 Å². The minimum absolute atomic E-state index is 0.0364. The number of aliphatic hydroxyl groups is 1. The normalized spacial score (nSPS) is 19.3. The number of carbonyl (C=O) groups is 2. The van der Waals surface area contributed by atoms with Crippen LogP contribution in [0.1, 0.15) is 23.6 Å². The standard InChI is InChI=1S/C24H25NO7/c1-29-11-3-10-25-21(15-4-7-17(30-2)8-5-15)20(23(27)24(25)28)22(26)16-6-9-18-19(14-16)32-13-12-31-18/h4-9,14,21,26H,3,10-13H2,1-2H3. The maximum atomic E-state index is 13.0. The molecule has 0 aliphatic carbocycles. The Bertz CT molecular complexity index is 1040. The van der Waals surface area contributed by atoms with Crippen molar-refractivity contribution >= 4 is 17.4 Å². The van der Waals surface area contributed by atoms with E-state index in [2.05, 4.69) is 0 Å². The van der Waals surface area contributed by atoms with Crippen LogP contribution in [-0.4, -0.2) is 62.3 Å². The van der Waals surface area contributed by atoms with Crippen molar-refractivity contribution < 1.29 is 33.6 Å². The topological polar surface area (TPSA) is 94.5 Å². The summed E-state index contributed by atoms with van der Waals surface area (Å²) >= 11 is 0. The molecule has 2 aliphatic rings. The Balaban J connectivity index is 1.79. The maximum absolute atomic E-state index is 13.0. The Kier molecular flexibility index (Phi) is 6.32. The molecule has 0 radical (unpaired) electrons. The number of ketones is 1. The lowest BCUT2D eigenvalue weighted by molar-refractivity contribution is -0.140. The van der Waals surface area contributed by atoms with E-state index in [9.17, 15) is 14.7 Å². The average molecular weight is 439 g/mol. The van der Waals surface area contributed by atoms with Crippen molar-refractivity contribution in [3.05, 3.63) is 59.2 Å². The Morgan fingerprint density at radius 1 is 1.06 bits per heavy atom. The van der Waals surface area contributed by atoms with Gasteiger partial charge in [-0.2, -0.15) is 0 Å². The average Bonchev–Trinajstić information content (AvgIpc) is 3.08. The molecule has 1 unspecified atom stereocenters. The molecule has 1 N–H and O–H groups in total. The van der Waals surface area contributed by atoms with Crippen molar-refractivity contribution in [2.24, 2.45) is 0 Å². The van der Waals surface area contributed by atoms with Crippen LogP contribution in [0.3, 0.4) is 0 Å². The van der Waals surface area contributed by atoms with Crippen LogP contribution in [0, 0.1) is 0 Å². The first-order valence-electron chi connectivity index (χ1n) is 10.4. The summed E-state index contributed by atoms with van der Waals surface area (Å²) in [6.45, 7) is 1.60. The first-order valence-corrected chi connectivity index (χ1v) is 10.4. The highest BCUT2D eigenvalue weighted by molar-refractivity contribution is 6.46. The molecular weight excluding hydrogens is 414 g/mol. The zero-order valence-electron chi connectivity index (χ0n) is 18.0. The van der Waals surface area contributed by atoms with Crippen LogP contribution in [0.4, 0.5) is 0 Å². The number of methoxy groups -OCH3 is 2. The van der Waals surface area contributed by atoms with E-state index in [1.54, 1.807) is 56.7 Å². The van der Waals surface area contributed by atoms with E-state index < -0.39 is 17.7 Å². The van der Waals surface area contributed by atoms with E-state index in [4.69, 9.17) is 18.9 Å². The summed E-state index contributed by atoms with van der Waals surface area (Å²) in [5.74, 6) is 0.0686. The molecular formula is C24H25NO7. The second kappa shape index (κ2) is 9.32. The number of Topliss-reactive ketones (excluding diaryl/α,β-unsaturated/α-hetero) is 1. The smallest absolute Gasteiger partial charge is 0.295 e. The van der Waals surface area contributed by atoms with Gasteiger partial charge in [-0.05, 0) is 42.3 Å². The zero-order chi connectivity index (χ0) is 22.7. The van der Waals surface area contributed by atoms with Crippen molar-refractivity contribution in [2.45, 2.75) is 12.5 Å². The van der Waals surface area contributed by atoms with Gasteiger partial charge >= 0.3 is 0 Å². The van der Waals surface area contributed by atoms with Crippen molar-refractivity contribution in [3.8, 4) is 17.2 Å². The quantitative estimate of drug-likeness (QED) is 0.307. The van der Waals surface area contributed by atoms with Gasteiger partial charge in [0.2, 0.25) is 0 Å². The fourth-order valence-electron chi connectivity index (χ4n) is 3.97. The SMILES string of the molecule is COCCCN1C(=O)C(=O)C(=C(O)c2ccc3c(c2)OCCO3)C1c1ccc(OC)cc1. The van der Waals surface area contributed by atoms with Crippen LogP contribution in [0.25, 0.3) is 5.76 Å². The fourth-order valence-corrected chi connectivity index (χ4v) is 3.97. The molecule has 0 aromatic heterocycles. The Hall–Kier alpha value is -3.52. The minimum Gasteiger partial charge on any atom is -0.507 e. The summed E-state index contributed by atoms with van der Waals surface area (Å²) in [5.41, 5.74) is 1.11. The third-order valence-electron chi connectivity index (χ3n) is 5.53. The molecule has 1 saturated heterocycles. The van der Waals surface area contributed by atoms with Crippen LogP contribution >= 0.6 is 0 Å². The highest BCUT2D eigenvalue weighted by Crippen LogP contribution is 2.41. The largest absolute Gasteiger partial charge is 0.507 e. The first kappa shape index (κ1) is 21.7. The molecule has 1 amide bonds. The molecule has 0 spiro atoms. The van der Waals surface area contributed by atoms with Gasteiger partial charge < -0.3 is 29.0 Å². The molecule has 1 fully saturated rings. The molecule has 8 nitrogen and oxygen atoms in total. The number of hydrogen-bond acceptors (Lipinski definition) is 7. The van der Waals surface area contributed by atoms with E-state index in [0.717, 1.165) is 0 Å². The van der Waals surface area contributed by atoms with Gasteiger partial charge in [-0.25, -0.2) is 0 Å². The molecule has 0 bridgehead atoms. The summed E-state index contributed by atoms with van der Waals surface area (Å²) in [6.07, 6.45) is 0.556. The second-order valence-electron chi connectivity index (χ2n) is 7.47. The number of nitrogens with zero attached hydrogens (tertiary/aromatic N) is 1. The van der Waals surface area contributed by atoms with Crippen molar-refractivity contribution in [3.63, 3.8) is 0 Å². The van der Waals surface area contributed by atoms with Gasteiger partial charge in [0.1, 0.15) is 24.7 Å². The minimum atomic E-state index is -0.731. The lowest BCUT2D eigenvalue weighted by Gasteiger charge is -2.25. The van der Waals surface area contributed by atoms with E-state index >= 15 is 0 Å². The number of hydrogen-bond donors (Lipinski definition) is 1. The van der Waals surface area contributed by atoms with Crippen LogP contribution < -0.4 is 14.2 Å². The molecule has 32 heavy (non-hydrogen) atoms. The number of likely N-dealkylation sites (tertiary alicyclic amines) is 1. The predicted octanol–water partition coefficient (Wildman–Crippen LogP) is 2.92. The summed E-state index contributed by atoms with van der Waals surface area (Å²) in [7, 11) is 3.14. The van der Waals surface area contributed by atoms with Gasteiger partial charge in [0.05, 0.1) is 18.7 Å². The number of carbonyl (C=O) groups excluding carboxylic acids is 2. The monoisotopic (exact) mass is 439 g/mol. The maximum Gasteiger partial charge on any atom is 0.295 e. The highest BCUT2D eigenvalue weighted by atomic mass is 16.6. The van der Waals surface area contributed by atoms with E-state index in [0.29, 0.717) is 61.2 Å². The van der Waals surface area contributed by atoms with Crippen LogP contribution in [0.2, 0.25) is 0 Å². The van der Waals surface area contributed by atoms with Crippen molar-refractivity contribution in [1.82, 2.24) is 4.90 Å². The van der Waals surface area contributed by atoms with Gasteiger partial charge in [0, 0.05) is 25.8 Å². The fraction of sp³-hybridized carbons (Fsp3) is 0.333. The zero-order valence-corrected chi connectivity index (χ0v) is 18.0. The van der Waals surface area contributed by atoms with Crippen LogP contribution in [0.15, 0.2) is 48.0 Å². The molecule has 2 heterocycles. The summed E-state index contributed by atoms with van der Waals surface area (Å²) < 4.78 is 21.5. The Morgan fingerprint density at radius 2 is 1.78 bits per heavy atom. The van der Waals surface area contributed by atoms with Crippen LogP contribution in [0.5, 0.6) is 17.2 Å². The molecule has 2 aromatic carbocycles. The third kappa shape index (κ3) is 4.01. The predicted molar refractivity (Wildman–Crippen MR) is 116 cm³/mol. The molecule has 2 aliphatic heterocycles. The van der Waals surface area contributed by atoms with E-state index in [1.165, 1.54) is 4.90 Å². The highest BCUT2D eigenvalue weighted by Gasteiger charge is 2.45. The summed E-state index contributed by atoms with van der Waals surface area (Å²) in [4.78, 5) is 27.4. The lowest BCUT2D eigenvalue weighted by atomic mass is 9.95. The van der Waals surface area contributed by atoms with Gasteiger partial charge in [0.15, 0.2) is 11.5 Å². The second-order valence-corrected chi connectivity index (χ2v) is 7.47. The number of amides is 1. The number of fused-ring (bicyclic) bond motifs is 1. The molecule has 4 rings (SSSR count). The lowest BCUT2D eigenvalue weighted by Crippen LogP contribution is -2.31. The number of aliphatic hydroxyl groups excluding tert-OH is 1. The number of rotatable bonds is 7. The van der Waals surface area contributed by atoms with Gasteiger partial charge in [-0.15, -0.1) is 0 Å². The van der Waals surface area contributed by atoms with Gasteiger partial charge in [-0.1, -0.05) is 12.1 Å². The number of benzene rings is 2. The summed E-state index contributed by atoms with van der Waals surface area (Å²) in [5, 5.41) is 11.2. The van der Waals surface area contributed by atoms with Crippen molar-refractivity contribution in [1.29, 1.82) is 0 Å². The Morgan fingerprint density at radius 3 is 2.47 bits per heavy atom. The molecule has 168 valence electrons.